The van der Waals surface area contributed by atoms with Gasteiger partial charge in [-0.25, -0.2) is 47.1 Å². The molecule has 2 unspecified atom stereocenters. The monoisotopic (exact) mass is 1130 g/mol. The van der Waals surface area contributed by atoms with Crippen molar-refractivity contribution >= 4 is 67.7 Å². The quantitative estimate of drug-likeness (QED) is 0.0749. The van der Waals surface area contributed by atoms with Crippen LogP contribution in [0.5, 0.6) is 5.88 Å². The molecule has 21 nitrogen and oxygen atoms in total. The van der Waals surface area contributed by atoms with Gasteiger partial charge in [-0.2, -0.15) is 0 Å². The topological polar surface area (TPSA) is 234 Å². The minimum Gasteiger partial charge on any atom is -0.478 e. The third-order valence-electron chi connectivity index (χ3n) is 15.3. The lowest BCUT2D eigenvalue weighted by Crippen LogP contribution is -2.52. The van der Waals surface area contributed by atoms with Gasteiger partial charge in [0.15, 0.2) is 21.5 Å². The molecule has 428 valence electrons. The number of likely N-dealkylation sites (tertiary alicyclic amines) is 1. The van der Waals surface area contributed by atoms with E-state index in [1.165, 1.54) is 12.1 Å². The highest BCUT2D eigenvalue weighted by atomic mass is 32.2. The summed E-state index contributed by atoms with van der Waals surface area (Å²) in [5.74, 6) is 0.0527. The van der Waals surface area contributed by atoms with Crippen molar-refractivity contribution < 1.29 is 31.5 Å². The van der Waals surface area contributed by atoms with Gasteiger partial charge >= 0.3 is 0 Å². The number of anilines is 6. The van der Waals surface area contributed by atoms with Crippen molar-refractivity contribution in [2.45, 2.75) is 82.3 Å². The number of carbonyl (C=O) groups is 2. The van der Waals surface area contributed by atoms with E-state index >= 15 is 4.39 Å². The van der Waals surface area contributed by atoms with E-state index in [-0.39, 0.29) is 41.2 Å². The van der Waals surface area contributed by atoms with E-state index in [1.54, 1.807) is 36.3 Å². The molecular weight excluding hydrogens is 1060 g/mol. The fraction of sp³-hybridized carbons (Fsp3) is 0.421. The van der Waals surface area contributed by atoms with Gasteiger partial charge in [0.2, 0.25) is 23.7 Å². The van der Waals surface area contributed by atoms with Crippen LogP contribution >= 0.6 is 0 Å². The minimum absolute atomic E-state index is 0.00951. The first-order valence-corrected chi connectivity index (χ1v) is 29.0. The number of aryl methyl sites for hydroxylation is 2. The lowest BCUT2D eigenvalue weighted by Gasteiger charge is -2.38. The number of fused-ring (bicyclic) bond motifs is 2. The molecule has 24 heteroatoms. The fourth-order valence-corrected chi connectivity index (χ4v) is 11.7. The number of nitrogens with zero attached hydrogens (tertiary/aromatic N) is 12. The van der Waals surface area contributed by atoms with E-state index in [9.17, 15) is 22.4 Å². The number of rotatable bonds is 17. The zero-order valence-corrected chi connectivity index (χ0v) is 48.0. The third-order valence-corrected chi connectivity index (χ3v) is 16.4. The zero-order chi connectivity index (χ0) is 57.7. The van der Waals surface area contributed by atoms with Crippen molar-refractivity contribution in [1.29, 1.82) is 0 Å². The summed E-state index contributed by atoms with van der Waals surface area (Å²) in [7, 11) is 5.93. The first kappa shape index (κ1) is 58.0. The Labute approximate surface area is 471 Å². The average Bonchev–Trinajstić information content (AvgIpc) is 4.23. The van der Waals surface area contributed by atoms with Gasteiger partial charge in [-0.1, -0.05) is 32.1 Å². The van der Waals surface area contributed by atoms with E-state index in [1.807, 2.05) is 39.4 Å². The van der Waals surface area contributed by atoms with E-state index in [0.717, 1.165) is 111 Å². The number of likely N-dealkylation sites (N-methyl/N-ethyl adjacent to an activating group) is 1. The van der Waals surface area contributed by atoms with Gasteiger partial charge in [0, 0.05) is 99.5 Å². The number of benzene rings is 1. The van der Waals surface area contributed by atoms with Crippen LogP contribution in [-0.4, -0.2) is 171 Å². The summed E-state index contributed by atoms with van der Waals surface area (Å²) in [5.41, 5.74) is 7.22. The van der Waals surface area contributed by atoms with E-state index < -0.39 is 26.4 Å². The van der Waals surface area contributed by atoms with Crippen LogP contribution in [0.4, 0.5) is 43.7 Å². The second-order valence-corrected chi connectivity index (χ2v) is 22.9. The van der Waals surface area contributed by atoms with Gasteiger partial charge < -0.3 is 35.8 Å². The van der Waals surface area contributed by atoms with Crippen LogP contribution in [0.15, 0.2) is 78.4 Å². The second kappa shape index (κ2) is 25.0. The normalized spacial score (nSPS) is 16.6. The number of ether oxygens (including phenoxy) is 1. The van der Waals surface area contributed by atoms with Crippen molar-refractivity contribution in [3.8, 4) is 5.88 Å². The highest BCUT2D eigenvalue weighted by Gasteiger charge is 2.33. The second-order valence-electron chi connectivity index (χ2n) is 20.9. The summed E-state index contributed by atoms with van der Waals surface area (Å²) in [4.78, 5) is 61.8. The molecule has 6 aromatic rings. The number of hydrogen-bond acceptors (Lipinski definition) is 18. The fourth-order valence-electron chi connectivity index (χ4n) is 10.9. The summed E-state index contributed by atoms with van der Waals surface area (Å²) in [6.07, 6.45) is 17.4. The third kappa shape index (κ3) is 12.9. The predicted molar refractivity (Wildman–Crippen MR) is 307 cm³/mol. The van der Waals surface area contributed by atoms with Gasteiger partial charge in [0.1, 0.15) is 27.9 Å². The molecule has 81 heavy (non-hydrogen) atoms. The summed E-state index contributed by atoms with van der Waals surface area (Å²) in [6, 6.07) is 7.72. The Hall–Kier alpha value is -7.64. The van der Waals surface area contributed by atoms with Gasteiger partial charge in [-0.3, -0.25) is 24.1 Å². The molecule has 0 saturated carbocycles. The molecule has 2 fully saturated rings. The highest BCUT2D eigenvalue weighted by molar-refractivity contribution is 7.90. The molecule has 4 aliphatic rings. The van der Waals surface area contributed by atoms with Crippen LogP contribution in [0.25, 0.3) is 11.1 Å². The Balaban J connectivity index is 0.000000196. The SMILES string of the molecule is CCC(C(=O)Nc1nccc2c1CC=C2c1nc(Nc2cccc(S(C)(=O)=O)c2F)ncc1F)N1CCN(C)CC1.CCC(C(=O)Nc1nccc2c1CC=C2c1nc(Nc2cn(C)nc2OC)ncc1C)N1CCC(N(C)C)CC1. The van der Waals surface area contributed by atoms with Crippen LogP contribution in [0.3, 0.4) is 0 Å². The lowest BCUT2D eigenvalue weighted by atomic mass is 10.0. The minimum atomic E-state index is -3.80. The van der Waals surface area contributed by atoms with Gasteiger partial charge in [-0.15, -0.1) is 5.10 Å². The van der Waals surface area contributed by atoms with Crippen LogP contribution in [-0.2, 0) is 39.3 Å². The van der Waals surface area contributed by atoms with E-state index in [4.69, 9.17) is 9.72 Å². The van der Waals surface area contributed by atoms with E-state index in [2.05, 4.69) is 105 Å². The number of halogens is 2. The number of hydrogen-bond donors (Lipinski definition) is 4. The Kier molecular flexibility index (Phi) is 17.9. The first-order valence-electron chi connectivity index (χ1n) is 27.1. The maximum absolute atomic E-state index is 15.0. The molecule has 2 amide bonds. The van der Waals surface area contributed by atoms with Crippen molar-refractivity contribution in [2.24, 2.45) is 7.05 Å². The lowest BCUT2D eigenvalue weighted by molar-refractivity contribution is -0.122. The smallest absolute Gasteiger partial charge is 0.256 e. The maximum Gasteiger partial charge on any atom is 0.256 e. The average molecular weight is 1130 g/mol. The number of carbonyl (C=O) groups excluding carboxylic acids is 2. The number of pyridine rings is 2. The number of sulfone groups is 1. The largest absolute Gasteiger partial charge is 0.478 e. The van der Waals surface area contributed by atoms with Crippen LogP contribution < -0.4 is 26.0 Å². The molecule has 2 aliphatic heterocycles. The van der Waals surface area contributed by atoms with Crippen molar-refractivity contribution in [2.75, 3.05) is 95.0 Å². The molecule has 2 saturated heterocycles. The number of nitrogens with one attached hydrogen (secondary N) is 4. The van der Waals surface area contributed by atoms with Gasteiger partial charge in [0.05, 0.1) is 43.0 Å². The molecule has 5 aromatic heterocycles. The van der Waals surface area contributed by atoms with Crippen LogP contribution in [0, 0.1) is 18.6 Å². The predicted octanol–water partition coefficient (Wildman–Crippen LogP) is 6.65. The standard InChI is InChI=1S/C29H39N9O2.C28H31F2N7O3S/c1-7-24(38-14-11-19(12-15-38)36(3)4)27(39)34-26-22-9-8-21(20(22)10-13-30-26)25-18(2)16-31-29(33-25)32-23-17-37(5)35-28(23)40-6;1-4-22(37-14-12-36(2)13-15-37)27(38)35-26-19-9-8-18(17(19)10-11-31-26)25-20(29)16-32-28(34-25)33-21-6-5-7-23(24(21)30)41(3,39)40/h8,10,13,16-17,19,24H,7,9,11-12,14-15H2,1-6H3,(H,30,34,39)(H,31,32,33);5-8,10-11,16,22H,4,9,12-15H2,1-3H3,(H,31,35,38)(H,32,33,34). The molecule has 2 atom stereocenters. The molecular formula is C57H70F2N16O5S. The number of allylic oxidation sites excluding steroid dienone is 2. The van der Waals surface area contributed by atoms with Crippen molar-refractivity contribution in [3.05, 3.63) is 124 Å². The molecule has 10 rings (SSSR count). The first-order chi connectivity index (χ1) is 38.8. The van der Waals surface area contributed by atoms with Crippen LogP contribution in [0.1, 0.15) is 78.7 Å². The molecule has 7 heterocycles. The summed E-state index contributed by atoms with van der Waals surface area (Å²) in [5, 5.41) is 16.3. The Morgan fingerprint density at radius 1 is 0.753 bits per heavy atom. The van der Waals surface area contributed by atoms with Crippen LogP contribution in [0.2, 0.25) is 0 Å². The number of piperidine rings is 1. The number of aromatic nitrogens is 8. The molecule has 1 aromatic carbocycles. The summed E-state index contributed by atoms with van der Waals surface area (Å²) < 4.78 is 60.7. The maximum atomic E-state index is 15.0. The number of piperazine rings is 1. The molecule has 4 N–H and O–H groups in total. The van der Waals surface area contributed by atoms with Gasteiger partial charge in [-0.05, 0) is 108 Å². The zero-order valence-electron chi connectivity index (χ0n) is 47.2. The highest BCUT2D eigenvalue weighted by Crippen LogP contribution is 2.39. The summed E-state index contributed by atoms with van der Waals surface area (Å²) >= 11 is 0. The number of amides is 2. The Morgan fingerprint density at radius 3 is 1.85 bits per heavy atom. The van der Waals surface area contributed by atoms with Crippen molar-refractivity contribution in [3.63, 3.8) is 0 Å². The Morgan fingerprint density at radius 2 is 1.30 bits per heavy atom. The summed E-state index contributed by atoms with van der Waals surface area (Å²) in [6.45, 7) is 11.3. The van der Waals surface area contributed by atoms with Gasteiger partial charge in [0.25, 0.3) is 5.88 Å². The Bertz CT molecular complexity index is 3490. The molecule has 0 spiro atoms. The molecule has 0 radical (unpaired) electrons. The number of methoxy groups -OCH3 is 1. The van der Waals surface area contributed by atoms with Crippen molar-refractivity contribution in [1.82, 2.24) is 59.3 Å². The molecule has 0 bridgehead atoms. The molecule has 2 aliphatic carbocycles. The van der Waals surface area contributed by atoms with E-state index in [0.29, 0.717) is 65.6 Å².